The number of hydrogen-bond acceptors (Lipinski definition) is 3. The van der Waals surface area contributed by atoms with Gasteiger partial charge in [0, 0.05) is 6.20 Å². The van der Waals surface area contributed by atoms with Crippen LogP contribution in [0.25, 0.3) is 0 Å². The topological polar surface area (TPSA) is 50.9 Å². The number of pyridine rings is 1. The molecule has 0 radical (unpaired) electrons. The second-order valence-electron chi connectivity index (χ2n) is 3.26. The molecule has 1 unspecified atom stereocenters. The predicted octanol–water partition coefficient (Wildman–Crippen LogP) is 1.63. The summed E-state index contributed by atoms with van der Waals surface area (Å²) in [5.41, 5.74) is 4.80. The van der Waals surface area contributed by atoms with Crippen LogP contribution in [-0.4, -0.2) is 4.98 Å². The summed E-state index contributed by atoms with van der Waals surface area (Å²) in [5.74, 6) is 5.55. The van der Waals surface area contributed by atoms with E-state index in [2.05, 4.69) is 10.4 Å². The molecule has 2 rings (SSSR count). The van der Waals surface area contributed by atoms with Crippen molar-refractivity contribution in [3.63, 3.8) is 0 Å². The Bertz CT molecular complexity index is 360. The molecule has 15 heavy (non-hydrogen) atoms. The normalized spacial score (nSPS) is 12.3. The zero-order valence-corrected chi connectivity index (χ0v) is 8.30. The van der Waals surface area contributed by atoms with Gasteiger partial charge < -0.3 is 0 Å². The Morgan fingerprint density at radius 3 is 2.33 bits per heavy atom. The molecular formula is C12H13N3. The summed E-state index contributed by atoms with van der Waals surface area (Å²) in [6.45, 7) is 0. The largest absolute Gasteiger partial charge is 0.271 e. The van der Waals surface area contributed by atoms with Gasteiger partial charge in [-0.2, -0.15) is 0 Å². The number of nitrogens with one attached hydrogen (secondary N) is 1. The van der Waals surface area contributed by atoms with E-state index in [1.54, 1.807) is 6.20 Å². The van der Waals surface area contributed by atoms with Crippen LogP contribution in [-0.2, 0) is 0 Å². The quantitative estimate of drug-likeness (QED) is 0.583. The van der Waals surface area contributed by atoms with Crippen LogP contribution < -0.4 is 11.3 Å². The van der Waals surface area contributed by atoms with Crippen LogP contribution >= 0.6 is 0 Å². The molecule has 3 heteroatoms. The molecule has 0 bridgehead atoms. The molecule has 1 atom stereocenters. The molecule has 1 aromatic carbocycles. The molecular weight excluding hydrogens is 186 g/mol. The Hall–Kier alpha value is -1.71. The number of rotatable bonds is 3. The summed E-state index contributed by atoms with van der Waals surface area (Å²) in [5, 5.41) is 0. The fraction of sp³-hybridized carbons (Fsp3) is 0.0833. The predicted molar refractivity (Wildman–Crippen MR) is 59.8 cm³/mol. The maximum Gasteiger partial charge on any atom is 0.0881 e. The van der Waals surface area contributed by atoms with E-state index < -0.39 is 0 Å². The van der Waals surface area contributed by atoms with Crippen LogP contribution in [0.2, 0.25) is 0 Å². The number of aromatic nitrogens is 1. The third kappa shape index (κ3) is 2.21. The minimum atomic E-state index is -0.0487. The van der Waals surface area contributed by atoms with Crippen LogP contribution in [0.1, 0.15) is 17.3 Å². The SMILES string of the molecule is NNC(c1ccccc1)c1ccccn1. The lowest BCUT2D eigenvalue weighted by Crippen LogP contribution is -2.29. The average Bonchev–Trinajstić information content (AvgIpc) is 2.33. The van der Waals surface area contributed by atoms with Crippen LogP contribution in [0.5, 0.6) is 0 Å². The summed E-state index contributed by atoms with van der Waals surface area (Å²) in [6.07, 6.45) is 1.77. The van der Waals surface area contributed by atoms with Crippen molar-refractivity contribution in [2.45, 2.75) is 6.04 Å². The molecule has 0 amide bonds. The molecule has 0 fully saturated rings. The van der Waals surface area contributed by atoms with Gasteiger partial charge in [-0.1, -0.05) is 36.4 Å². The first-order chi connectivity index (χ1) is 7.42. The molecule has 3 nitrogen and oxygen atoms in total. The van der Waals surface area contributed by atoms with E-state index in [1.807, 2.05) is 48.5 Å². The molecule has 2 aromatic rings. The van der Waals surface area contributed by atoms with E-state index >= 15 is 0 Å². The Labute approximate surface area is 88.9 Å². The maximum absolute atomic E-state index is 5.55. The third-order valence-corrected chi connectivity index (χ3v) is 2.28. The Kier molecular flexibility index (Phi) is 3.07. The molecule has 76 valence electrons. The first-order valence-electron chi connectivity index (χ1n) is 4.84. The molecule has 0 aliphatic rings. The van der Waals surface area contributed by atoms with Crippen molar-refractivity contribution in [3.8, 4) is 0 Å². The molecule has 1 aromatic heterocycles. The van der Waals surface area contributed by atoms with Gasteiger partial charge in [0.05, 0.1) is 11.7 Å². The summed E-state index contributed by atoms with van der Waals surface area (Å²) in [4.78, 5) is 4.28. The number of hydrazine groups is 1. The number of benzene rings is 1. The summed E-state index contributed by atoms with van der Waals surface area (Å²) >= 11 is 0. The van der Waals surface area contributed by atoms with Crippen molar-refractivity contribution in [2.75, 3.05) is 0 Å². The number of nitrogens with two attached hydrogens (primary N) is 1. The van der Waals surface area contributed by atoms with Gasteiger partial charge in [0.25, 0.3) is 0 Å². The standard InChI is InChI=1S/C12H13N3/c13-15-12(10-6-2-1-3-7-10)11-8-4-5-9-14-11/h1-9,12,15H,13H2. The highest BCUT2D eigenvalue weighted by Gasteiger charge is 2.11. The van der Waals surface area contributed by atoms with Gasteiger partial charge in [-0.05, 0) is 17.7 Å². The van der Waals surface area contributed by atoms with Crippen molar-refractivity contribution in [2.24, 2.45) is 5.84 Å². The molecule has 3 N–H and O–H groups in total. The molecule has 1 heterocycles. The highest BCUT2D eigenvalue weighted by Crippen LogP contribution is 2.18. The molecule has 0 spiro atoms. The van der Waals surface area contributed by atoms with Crippen molar-refractivity contribution < 1.29 is 0 Å². The van der Waals surface area contributed by atoms with E-state index in [9.17, 15) is 0 Å². The van der Waals surface area contributed by atoms with Crippen molar-refractivity contribution in [1.29, 1.82) is 0 Å². The van der Waals surface area contributed by atoms with E-state index in [0.717, 1.165) is 11.3 Å². The Morgan fingerprint density at radius 1 is 1.00 bits per heavy atom. The molecule has 0 aliphatic heterocycles. The second-order valence-corrected chi connectivity index (χ2v) is 3.26. The fourth-order valence-corrected chi connectivity index (χ4v) is 1.54. The highest BCUT2D eigenvalue weighted by atomic mass is 15.2. The molecule has 0 aliphatic carbocycles. The second kappa shape index (κ2) is 4.68. The zero-order valence-electron chi connectivity index (χ0n) is 8.30. The lowest BCUT2D eigenvalue weighted by molar-refractivity contribution is 0.621. The van der Waals surface area contributed by atoms with Crippen LogP contribution in [0.4, 0.5) is 0 Å². The van der Waals surface area contributed by atoms with E-state index in [-0.39, 0.29) is 6.04 Å². The minimum absolute atomic E-state index is 0.0487. The third-order valence-electron chi connectivity index (χ3n) is 2.28. The van der Waals surface area contributed by atoms with Gasteiger partial charge in [0.1, 0.15) is 0 Å². The fourth-order valence-electron chi connectivity index (χ4n) is 1.54. The van der Waals surface area contributed by atoms with Gasteiger partial charge in [-0.15, -0.1) is 0 Å². The van der Waals surface area contributed by atoms with Crippen LogP contribution in [0, 0.1) is 0 Å². The minimum Gasteiger partial charge on any atom is -0.271 e. The lowest BCUT2D eigenvalue weighted by atomic mass is 10.0. The molecule has 0 saturated carbocycles. The first kappa shape index (κ1) is 9.83. The highest BCUT2D eigenvalue weighted by molar-refractivity contribution is 5.27. The van der Waals surface area contributed by atoms with E-state index in [1.165, 1.54) is 0 Å². The summed E-state index contributed by atoms with van der Waals surface area (Å²) in [7, 11) is 0. The van der Waals surface area contributed by atoms with Crippen molar-refractivity contribution in [1.82, 2.24) is 10.4 Å². The smallest absolute Gasteiger partial charge is 0.0881 e. The Morgan fingerprint density at radius 2 is 1.73 bits per heavy atom. The van der Waals surface area contributed by atoms with E-state index in [0.29, 0.717) is 0 Å². The summed E-state index contributed by atoms with van der Waals surface area (Å²) < 4.78 is 0. The zero-order chi connectivity index (χ0) is 10.5. The van der Waals surface area contributed by atoms with Crippen LogP contribution in [0.15, 0.2) is 54.7 Å². The van der Waals surface area contributed by atoms with Crippen molar-refractivity contribution >= 4 is 0 Å². The van der Waals surface area contributed by atoms with E-state index in [4.69, 9.17) is 5.84 Å². The van der Waals surface area contributed by atoms with Gasteiger partial charge >= 0.3 is 0 Å². The first-order valence-corrected chi connectivity index (χ1v) is 4.84. The van der Waals surface area contributed by atoms with Crippen molar-refractivity contribution in [3.05, 3.63) is 66.0 Å². The number of hydrogen-bond donors (Lipinski definition) is 2. The van der Waals surface area contributed by atoms with Gasteiger partial charge in [-0.25, -0.2) is 5.43 Å². The maximum atomic E-state index is 5.55. The monoisotopic (exact) mass is 199 g/mol. The summed E-state index contributed by atoms with van der Waals surface area (Å²) in [6, 6.07) is 15.8. The van der Waals surface area contributed by atoms with Crippen LogP contribution in [0.3, 0.4) is 0 Å². The Balaban J connectivity index is 2.34. The average molecular weight is 199 g/mol. The lowest BCUT2D eigenvalue weighted by Gasteiger charge is -2.15. The van der Waals surface area contributed by atoms with Gasteiger partial charge in [-0.3, -0.25) is 10.8 Å². The van der Waals surface area contributed by atoms with Gasteiger partial charge in [0.15, 0.2) is 0 Å². The molecule has 0 saturated heterocycles. The van der Waals surface area contributed by atoms with Gasteiger partial charge in [0.2, 0.25) is 0 Å². The number of nitrogens with zero attached hydrogens (tertiary/aromatic N) is 1.